The van der Waals surface area contributed by atoms with Crippen molar-refractivity contribution >= 4 is 5.97 Å². The van der Waals surface area contributed by atoms with Gasteiger partial charge >= 0.3 is 5.97 Å². The Bertz CT molecular complexity index is 268. The first-order valence-corrected chi connectivity index (χ1v) is 3.46. The number of methoxy groups -OCH3 is 1. The molecule has 1 aromatic rings. The minimum absolute atomic E-state index is 0.356. The summed E-state index contributed by atoms with van der Waals surface area (Å²) in [5.41, 5.74) is 0. The molecule has 64 valence electrons. The van der Waals surface area contributed by atoms with Crippen LogP contribution in [0.25, 0.3) is 0 Å². The molecular weight excluding hydrogens is 158 g/mol. The number of pyridine rings is 1. The Morgan fingerprint density at radius 2 is 2.00 bits per heavy atom. The van der Waals surface area contributed by atoms with E-state index in [-0.39, 0.29) is 5.97 Å². The average Bonchev–Trinajstić information content (AvgIpc) is 2.05. The van der Waals surface area contributed by atoms with Crippen LogP contribution in [0.4, 0.5) is 0 Å². The van der Waals surface area contributed by atoms with Gasteiger partial charge in [0, 0.05) is 23.8 Å². The zero-order valence-corrected chi connectivity index (χ0v) is 6.98. The van der Waals surface area contributed by atoms with Crippen LogP contribution in [0.15, 0.2) is 24.5 Å². The van der Waals surface area contributed by atoms with Gasteiger partial charge in [-0.15, -0.1) is 0 Å². The Labute approximate surface area is 70.3 Å². The van der Waals surface area contributed by atoms with Crippen LogP contribution in [0.5, 0.6) is 5.75 Å². The highest BCUT2D eigenvalue weighted by molar-refractivity contribution is 5.65. The van der Waals surface area contributed by atoms with Crippen LogP contribution in [-0.4, -0.2) is 13.1 Å². The van der Waals surface area contributed by atoms with Crippen molar-refractivity contribution in [3.8, 4) is 5.75 Å². The molecule has 1 aromatic heterocycles. The molecule has 0 spiro atoms. The van der Waals surface area contributed by atoms with Crippen LogP contribution in [0.3, 0.4) is 0 Å². The summed E-state index contributed by atoms with van der Waals surface area (Å²) in [6, 6.07) is 3.39. The molecule has 0 fully saturated rings. The number of carbonyl (C=O) groups is 1. The van der Waals surface area contributed by atoms with Gasteiger partial charge in [0.05, 0.1) is 7.11 Å². The van der Waals surface area contributed by atoms with Gasteiger partial charge in [0.25, 0.3) is 0 Å². The molecule has 1 heterocycles. The molecule has 0 aliphatic heterocycles. The third-order valence-corrected chi connectivity index (χ3v) is 1.24. The van der Waals surface area contributed by atoms with E-state index in [0.29, 0.717) is 0 Å². The van der Waals surface area contributed by atoms with E-state index in [2.05, 4.69) is 0 Å². The lowest BCUT2D eigenvalue weighted by Crippen LogP contribution is -2.44. The Morgan fingerprint density at radius 1 is 1.42 bits per heavy atom. The average molecular weight is 168 g/mol. The fourth-order valence-corrected chi connectivity index (χ4v) is 0.744. The highest BCUT2D eigenvalue weighted by Gasteiger charge is 2.04. The van der Waals surface area contributed by atoms with E-state index in [9.17, 15) is 4.79 Å². The van der Waals surface area contributed by atoms with Gasteiger partial charge in [-0.05, 0) is 0 Å². The standard InChI is InChI=1S/C8H10NO3/c1-7(10)12-9-5-3-8(11-2)4-6-9/h3-6H,1-2H3/q+1. The Morgan fingerprint density at radius 3 is 2.42 bits per heavy atom. The van der Waals surface area contributed by atoms with Crippen molar-refractivity contribution in [2.75, 3.05) is 7.11 Å². The Hall–Kier alpha value is -1.58. The third-order valence-electron chi connectivity index (χ3n) is 1.24. The highest BCUT2D eigenvalue weighted by atomic mass is 16.7. The molecule has 0 saturated heterocycles. The minimum Gasteiger partial charge on any atom is -0.496 e. The third kappa shape index (κ3) is 2.23. The van der Waals surface area contributed by atoms with E-state index in [1.165, 1.54) is 11.7 Å². The molecule has 0 unspecified atom stereocenters. The maximum atomic E-state index is 10.5. The lowest BCUT2D eigenvalue weighted by Gasteiger charge is -1.95. The topological polar surface area (TPSA) is 39.4 Å². The van der Waals surface area contributed by atoms with Crippen molar-refractivity contribution in [1.82, 2.24) is 0 Å². The van der Waals surface area contributed by atoms with E-state index < -0.39 is 0 Å². The summed E-state index contributed by atoms with van der Waals surface area (Å²) in [5.74, 6) is 0.364. The zero-order chi connectivity index (χ0) is 8.97. The van der Waals surface area contributed by atoms with Crippen LogP contribution >= 0.6 is 0 Å². The first kappa shape index (κ1) is 8.52. The van der Waals surface area contributed by atoms with Crippen LogP contribution in [0.1, 0.15) is 6.92 Å². The molecular formula is C8H10NO3+. The van der Waals surface area contributed by atoms with Crippen molar-refractivity contribution in [2.45, 2.75) is 6.92 Å². The molecule has 12 heavy (non-hydrogen) atoms. The van der Waals surface area contributed by atoms with E-state index in [4.69, 9.17) is 9.57 Å². The number of hydrogen-bond donors (Lipinski definition) is 0. The first-order chi connectivity index (χ1) is 5.72. The molecule has 0 atom stereocenters. The second kappa shape index (κ2) is 3.71. The summed E-state index contributed by atoms with van der Waals surface area (Å²) in [4.78, 5) is 15.2. The maximum Gasteiger partial charge on any atom is 0.377 e. The van der Waals surface area contributed by atoms with Crippen molar-refractivity contribution in [3.05, 3.63) is 24.5 Å². The number of aromatic nitrogens is 1. The van der Waals surface area contributed by atoms with Gasteiger partial charge in [0.15, 0.2) is 0 Å². The second-order valence-electron chi connectivity index (χ2n) is 2.18. The lowest BCUT2D eigenvalue weighted by atomic mass is 10.5. The summed E-state index contributed by atoms with van der Waals surface area (Å²) >= 11 is 0. The predicted molar refractivity (Wildman–Crippen MR) is 40.5 cm³/mol. The number of carbonyl (C=O) groups excluding carboxylic acids is 1. The summed E-state index contributed by atoms with van der Waals surface area (Å²) in [6.45, 7) is 1.34. The predicted octanol–water partition coefficient (Wildman–Crippen LogP) is -0.0422. The first-order valence-electron chi connectivity index (χ1n) is 3.46. The van der Waals surface area contributed by atoms with Gasteiger partial charge in [-0.1, -0.05) is 0 Å². The Balaban J connectivity index is 2.71. The van der Waals surface area contributed by atoms with Gasteiger partial charge in [0.1, 0.15) is 5.75 Å². The molecule has 0 aromatic carbocycles. The SMILES string of the molecule is COc1cc[n+](OC(C)=O)cc1. The molecule has 1 rings (SSSR count). The summed E-state index contributed by atoms with van der Waals surface area (Å²) in [5, 5.41) is 0. The van der Waals surface area contributed by atoms with E-state index >= 15 is 0 Å². The fraction of sp³-hybridized carbons (Fsp3) is 0.250. The molecule has 0 aliphatic carbocycles. The fourth-order valence-electron chi connectivity index (χ4n) is 0.744. The number of nitrogens with zero attached hydrogens (tertiary/aromatic N) is 1. The van der Waals surface area contributed by atoms with Gasteiger partial charge < -0.3 is 4.74 Å². The van der Waals surface area contributed by atoms with Crippen LogP contribution in [0, 0.1) is 0 Å². The van der Waals surface area contributed by atoms with Crippen molar-refractivity contribution in [1.29, 1.82) is 0 Å². The second-order valence-corrected chi connectivity index (χ2v) is 2.18. The maximum absolute atomic E-state index is 10.5. The van der Waals surface area contributed by atoms with Crippen molar-refractivity contribution in [2.24, 2.45) is 0 Å². The molecule has 0 amide bonds. The largest absolute Gasteiger partial charge is 0.496 e. The number of rotatable bonds is 2. The van der Waals surface area contributed by atoms with Crippen molar-refractivity contribution < 1.29 is 19.1 Å². The van der Waals surface area contributed by atoms with E-state index in [0.717, 1.165) is 5.75 Å². The Kier molecular flexibility index (Phi) is 2.63. The van der Waals surface area contributed by atoms with Gasteiger partial charge in [-0.2, -0.15) is 4.84 Å². The van der Waals surface area contributed by atoms with E-state index in [1.807, 2.05) is 0 Å². The van der Waals surface area contributed by atoms with Gasteiger partial charge in [-0.25, -0.2) is 4.79 Å². The lowest BCUT2D eigenvalue weighted by molar-refractivity contribution is -0.869. The normalized spacial score (nSPS) is 9.17. The van der Waals surface area contributed by atoms with Crippen LogP contribution in [-0.2, 0) is 4.79 Å². The summed E-state index contributed by atoms with van der Waals surface area (Å²) in [7, 11) is 1.57. The zero-order valence-electron chi connectivity index (χ0n) is 6.98. The van der Waals surface area contributed by atoms with Crippen LogP contribution < -0.4 is 14.3 Å². The summed E-state index contributed by atoms with van der Waals surface area (Å²) in [6.07, 6.45) is 3.19. The van der Waals surface area contributed by atoms with Crippen molar-refractivity contribution in [3.63, 3.8) is 0 Å². The quantitative estimate of drug-likeness (QED) is 0.581. The molecule has 0 N–H and O–H groups in total. The molecule has 0 saturated carbocycles. The van der Waals surface area contributed by atoms with Crippen LogP contribution in [0.2, 0.25) is 0 Å². The highest BCUT2D eigenvalue weighted by Crippen LogP contribution is 2.03. The van der Waals surface area contributed by atoms with Gasteiger partial charge in [-0.3, -0.25) is 0 Å². The molecule has 4 nitrogen and oxygen atoms in total. The van der Waals surface area contributed by atoms with E-state index in [1.54, 1.807) is 31.6 Å². The molecule has 0 radical (unpaired) electrons. The number of ether oxygens (including phenoxy) is 1. The smallest absolute Gasteiger partial charge is 0.377 e. The summed E-state index contributed by atoms with van der Waals surface area (Å²) < 4.78 is 6.23. The minimum atomic E-state index is -0.356. The molecule has 0 bridgehead atoms. The van der Waals surface area contributed by atoms with Gasteiger partial charge in [0.2, 0.25) is 12.4 Å². The monoisotopic (exact) mass is 168 g/mol. The molecule has 0 aliphatic rings. The number of hydrogen-bond acceptors (Lipinski definition) is 3. The molecule has 4 heteroatoms.